The van der Waals surface area contributed by atoms with Gasteiger partial charge in [-0.25, -0.2) is 8.42 Å². The van der Waals surface area contributed by atoms with Crippen LogP contribution in [0.15, 0.2) is 0 Å². The van der Waals surface area contributed by atoms with Gasteiger partial charge in [0, 0.05) is 17.2 Å². The largest absolute Gasteiger partial charge is 0.451 e. The topological polar surface area (TPSA) is 77.2 Å². The first-order valence-corrected chi connectivity index (χ1v) is 5.22. The van der Waals surface area contributed by atoms with Gasteiger partial charge in [-0.05, 0) is 0 Å². The van der Waals surface area contributed by atoms with Crippen molar-refractivity contribution in [3.8, 4) is 0 Å². The summed E-state index contributed by atoms with van der Waals surface area (Å²) >= 11 is 0. The van der Waals surface area contributed by atoms with Crippen LogP contribution in [0.1, 0.15) is 0 Å². The number of ketones is 1. The molecule has 0 aliphatic heterocycles. The molecule has 0 saturated carbocycles. The molecule has 13 heavy (non-hydrogen) atoms. The van der Waals surface area contributed by atoms with Crippen LogP contribution in [0.5, 0.6) is 0 Å². The molecule has 0 aliphatic carbocycles. The Kier molecular flexibility index (Phi) is 3.71. The molecule has 0 aromatic rings. The van der Waals surface area contributed by atoms with Crippen molar-refractivity contribution in [2.24, 2.45) is 5.73 Å². The van der Waals surface area contributed by atoms with Gasteiger partial charge in [0.25, 0.3) is 5.78 Å². The second kappa shape index (κ2) is 3.81. The Balaban J connectivity index is 4.94. The third kappa shape index (κ3) is 3.49. The van der Waals surface area contributed by atoms with Crippen LogP contribution in [0.25, 0.3) is 0 Å². The monoisotopic (exact) mass is 239 g/mol. The number of carbonyl (C=O) groups excluding carboxylic acids is 1. The summed E-state index contributed by atoms with van der Waals surface area (Å²) in [5.41, 5.74) is 4.67. The van der Waals surface area contributed by atoms with E-state index in [1.807, 2.05) is 0 Å². The lowest BCUT2D eigenvalue weighted by Crippen LogP contribution is -2.42. The SMILES string of the molecule is NCC(C(=O)C(F)(F)F)S(=O)(=O)Cl. The number of hydrogen-bond acceptors (Lipinski definition) is 4. The van der Waals surface area contributed by atoms with Crippen LogP contribution in [0.4, 0.5) is 13.2 Å². The Bertz CT molecular complexity index is 298. The molecule has 0 fully saturated rings. The molecule has 1 unspecified atom stereocenters. The molecule has 2 N–H and O–H groups in total. The lowest BCUT2D eigenvalue weighted by Gasteiger charge is -2.11. The summed E-state index contributed by atoms with van der Waals surface area (Å²) in [6.45, 7) is -0.996. The molecular weight excluding hydrogens is 235 g/mol. The van der Waals surface area contributed by atoms with Crippen molar-refractivity contribution in [3.63, 3.8) is 0 Å². The number of alkyl halides is 3. The summed E-state index contributed by atoms with van der Waals surface area (Å²) in [6, 6.07) is 0. The van der Waals surface area contributed by atoms with Crippen molar-refractivity contribution >= 4 is 25.5 Å². The quantitative estimate of drug-likeness (QED) is 0.704. The molecule has 0 aromatic heterocycles. The number of halogens is 4. The predicted molar refractivity (Wildman–Crippen MR) is 38.7 cm³/mol. The van der Waals surface area contributed by atoms with E-state index in [2.05, 4.69) is 16.4 Å². The van der Waals surface area contributed by atoms with Gasteiger partial charge in [-0.3, -0.25) is 4.79 Å². The Morgan fingerprint density at radius 1 is 1.46 bits per heavy atom. The molecule has 4 nitrogen and oxygen atoms in total. The van der Waals surface area contributed by atoms with Gasteiger partial charge in [-0.1, -0.05) is 0 Å². The van der Waals surface area contributed by atoms with Gasteiger partial charge in [0.15, 0.2) is 5.25 Å². The van der Waals surface area contributed by atoms with Crippen LogP contribution in [-0.2, 0) is 13.8 Å². The molecule has 0 bridgehead atoms. The molecular formula is C4H5ClF3NO3S. The number of nitrogens with two attached hydrogens (primary N) is 1. The van der Waals surface area contributed by atoms with E-state index in [0.717, 1.165) is 0 Å². The summed E-state index contributed by atoms with van der Waals surface area (Å²) in [5.74, 6) is -2.45. The second-order valence-electron chi connectivity index (χ2n) is 2.06. The lowest BCUT2D eigenvalue weighted by molar-refractivity contribution is -0.170. The highest BCUT2D eigenvalue weighted by molar-refractivity contribution is 8.14. The number of carbonyl (C=O) groups is 1. The summed E-state index contributed by atoms with van der Waals surface area (Å²) in [6.07, 6.45) is -5.24. The van der Waals surface area contributed by atoms with Crippen molar-refractivity contribution in [2.75, 3.05) is 6.54 Å². The van der Waals surface area contributed by atoms with E-state index < -0.39 is 32.8 Å². The minimum absolute atomic E-state index is 0.996. The molecule has 0 rings (SSSR count). The van der Waals surface area contributed by atoms with Crippen LogP contribution >= 0.6 is 10.7 Å². The van der Waals surface area contributed by atoms with E-state index in [1.54, 1.807) is 0 Å². The van der Waals surface area contributed by atoms with Crippen molar-refractivity contribution < 1.29 is 26.4 Å². The standard InChI is InChI=1S/C4H5ClF3NO3S/c5-13(11,12)2(1-9)3(10)4(6,7)8/h2H,1,9H2. The fourth-order valence-electron chi connectivity index (χ4n) is 0.532. The Morgan fingerprint density at radius 3 is 1.92 bits per heavy atom. The van der Waals surface area contributed by atoms with Crippen LogP contribution in [0.3, 0.4) is 0 Å². The van der Waals surface area contributed by atoms with Gasteiger partial charge in [0.05, 0.1) is 0 Å². The van der Waals surface area contributed by atoms with Crippen LogP contribution in [0.2, 0.25) is 0 Å². The van der Waals surface area contributed by atoms with Crippen molar-refractivity contribution in [3.05, 3.63) is 0 Å². The molecule has 78 valence electrons. The van der Waals surface area contributed by atoms with E-state index >= 15 is 0 Å². The number of rotatable bonds is 3. The normalized spacial score (nSPS) is 15.5. The van der Waals surface area contributed by atoms with Gasteiger partial charge < -0.3 is 5.73 Å². The first kappa shape index (κ1) is 12.7. The molecule has 9 heteroatoms. The minimum Gasteiger partial charge on any atom is -0.329 e. The maximum absolute atomic E-state index is 11.7. The van der Waals surface area contributed by atoms with Gasteiger partial charge >= 0.3 is 6.18 Å². The van der Waals surface area contributed by atoms with Crippen LogP contribution in [-0.4, -0.2) is 32.2 Å². The zero-order valence-corrected chi connectivity index (χ0v) is 7.58. The third-order valence-corrected chi connectivity index (χ3v) is 2.86. The molecule has 0 heterocycles. The zero-order chi connectivity index (χ0) is 10.9. The molecule has 0 aromatic carbocycles. The Hall–Kier alpha value is -0.340. The van der Waals surface area contributed by atoms with Gasteiger partial charge in [0.2, 0.25) is 9.05 Å². The maximum Gasteiger partial charge on any atom is 0.451 e. The van der Waals surface area contributed by atoms with Crippen LogP contribution < -0.4 is 5.73 Å². The van der Waals surface area contributed by atoms with Crippen molar-refractivity contribution in [1.82, 2.24) is 0 Å². The van der Waals surface area contributed by atoms with E-state index in [4.69, 9.17) is 0 Å². The molecule has 0 radical (unpaired) electrons. The summed E-state index contributed by atoms with van der Waals surface area (Å²) in [4.78, 5) is 10.4. The highest BCUT2D eigenvalue weighted by Gasteiger charge is 2.47. The van der Waals surface area contributed by atoms with Gasteiger partial charge in [0.1, 0.15) is 0 Å². The highest BCUT2D eigenvalue weighted by Crippen LogP contribution is 2.22. The van der Waals surface area contributed by atoms with Gasteiger partial charge in [-0.15, -0.1) is 0 Å². The highest BCUT2D eigenvalue weighted by atomic mass is 35.7. The third-order valence-electron chi connectivity index (χ3n) is 1.13. The average Bonchev–Trinajstić information content (AvgIpc) is 1.83. The number of hydrogen-bond donors (Lipinski definition) is 1. The molecule has 1 atom stereocenters. The molecule has 0 aliphatic rings. The maximum atomic E-state index is 11.7. The first-order valence-electron chi connectivity index (χ1n) is 2.85. The summed E-state index contributed by atoms with van der Waals surface area (Å²) in [7, 11) is -0.0481. The van der Waals surface area contributed by atoms with E-state index in [9.17, 15) is 26.4 Å². The fourth-order valence-corrected chi connectivity index (χ4v) is 1.61. The van der Waals surface area contributed by atoms with Crippen molar-refractivity contribution in [1.29, 1.82) is 0 Å². The smallest absolute Gasteiger partial charge is 0.329 e. The molecule has 0 saturated heterocycles. The summed E-state index contributed by atoms with van der Waals surface area (Å²) < 4.78 is 55.9. The average molecular weight is 240 g/mol. The van der Waals surface area contributed by atoms with Crippen LogP contribution in [0, 0.1) is 0 Å². The summed E-state index contributed by atoms with van der Waals surface area (Å²) in [5, 5.41) is -2.42. The van der Waals surface area contributed by atoms with E-state index in [0.29, 0.717) is 0 Å². The van der Waals surface area contributed by atoms with E-state index in [-0.39, 0.29) is 0 Å². The zero-order valence-electron chi connectivity index (χ0n) is 6.01. The Labute approximate surface area is 76.3 Å². The first-order chi connectivity index (χ1) is 5.60. The van der Waals surface area contributed by atoms with Gasteiger partial charge in [-0.2, -0.15) is 13.2 Å². The molecule has 0 spiro atoms. The lowest BCUT2D eigenvalue weighted by atomic mass is 10.3. The van der Waals surface area contributed by atoms with Crippen molar-refractivity contribution in [2.45, 2.75) is 11.4 Å². The van der Waals surface area contributed by atoms with E-state index in [1.165, 1.54) is 0 Å². The number of Topliss-reactive ketones (excluding diaryl/α,β-unsaturated/α-hetero) is 1. The molecule has 0 amide bonds. The Morgan fingerprint density at radius 2 is 1.85 bits per heavy atom. The predicted octanol–water partition coefficient (Wildman–Crippen LogP) is 0.0137. The fraction of sp³-hybridized carbons (Fsp3) is 0.750. The second-order valence-corrected chi connectivity index (χ2v) is 4.87. The minimum atomic E-state index is -5.24.